The Hall–Kier alpha value is -0.670. The molecule has 3 heteroatoms. The molecule has 90 valence electrons. The van der Waals surface area contributed by atoms with Crippen LogP contribution < -0.4 is 10.2 Å². The van der Waals surface area contributed by atoms with Crippen LogP contribution in [0.2, 0.25) is 0 Å². The van der Waals surface area contributed by atoms with Crippen molar-refractivity contribution in [1.82, 2.24) is 5.32 Å². The molecular weight excluding hydrogens is 228 g/mol. The van der Waals surface area contributed by atoms with Crippen molar-refractivity contribution in [2.45, 2.75) is 29.7 Å². The number of fused-ring (bicyclic) bond motifs is 3. The third-order valence-corrected chi connectivity index (χ3v) is 5.50. The first-order valence-electron chi connectivity index (χ1n) is 6.68. The molecule has 1 N–H and O–H groups in total. The Labute approximate surface area is 107 Å². The van der Waals surface area contributed by atoms with Gasteiger partial charge in [0, 0.05) is 29.9 Å². The molecule has 0 spiro atoms. The lowest BCUT2D eigenvalue weighted by Gasteiger charge is -2.33. The molecular formula is C14H18N2S. The molecule has 1 unspecified atom stereocenters. The minimum Gasteiger partial charge on any atom is -0.367 e. The van der Waals surface area contributed by atoms with Crippen LogP contribution in [0.5, 0.6) is 0 Å². The van der Waals surface area contributed by atoms with Crippen LogP contribution in [-0.4, -0.2) is 31.4 Å². The van der Waals surface area contributed by atoms with Crippen molar-refractivity contribution in [3.05, 3.63) is 23.8 Å². The molecule has 1 saturated heterocycles. The molecule has 3 heterocycles. The van der Waals surface area contributed by atoms with Crippen molar-refractivity contribution in [1.29, 1.82) is 0 Å². The van der Waals surface area contributed by atoms with Crippen molar-refractivity contribution in [3.8, 4) is 0 Å². The van der Waals surface area contributed by atoms with Crippen molar-refractivity contribution in [2.24, 2.45) is 0 Å². The van der Waals surface area contributed by atoms with Crippen LogP contribution in [0.3, 0.4) is 0 Å². The summed E-state index contributed by atoms with van der Waals surface area (Å²) in [4.78, 5) is 4.24. The zero-order chi connectivity index (χ0) is 11.2. The van der Waals surface area contributed by atoms with E-state index < -0.39 is 0 Å². The van der Waals surface area contributed by atoms with E-state index in [4.69, 9.17) is 0 Å². The second kappa shape index (κ2) is 3.92. The Morgan fingerprint density at radius 1 is 1.35 bits per heavy atom. The minimum absolute atomic E-state index is 0.734. The SMILES string of the molecule is c1cc2c3c(c1)C1CNCC[C@@H]1N3CCCS2. The number of piperidine rings is 1. The number of para-hydroxylation sites is 1. The van der Waals surface area contributed by atoms with Crippen LogP contribution in [0.15, 0.2) is 23.1 Å². The fraction of sp³-hybridized carbons (Fsp3) is 0.571. The monoisotopic (exact) mass is 246 g/mol. The molecule has 0 bridgehead atoms. The topological polar surface area (TPSA) is 15.3 Å². The van der Waals surface area contributed by atoms with E-state index in [-0.39, 0.29) is 0 Å². The average molecular weight is 246 g/mol. The molecule has 2 nitrogen and oxygen atoms in total. The number of nitrogens with zero attached hydrogens (tertiary/aromatic N) is 1. The van der Waals surface area contributed by atoms with Crippen LogP contribution in [0, 0.1) is 0 Å². The van der Waals surface area contributed by atoms with Crippen molar-refractivity contribution < 1.29 is 0 Å². The summed E-state index contributed by atoms with van der Waals surface area (Å²) >= 11 is 2.05. The van der Waals surface area contributed by atoms with Gasteiger partial charge in [0.1, 0.15) is 0 Å². The van der Waals surface area contributed by atoms with Gasteiger partial charge in [-0.1, -0.05) is 12.1 Å². The third kappa shape index (κ3) is 1.45. The number of benzene rings is 1. The first-order valence-corrected chi connectivity index (χ1v) is 7.67. The van der Waals surface area contributed by atoms with Gasteiger partial charge >= 0.3 is 0 Å². The maximum atomic E-state index is 3.56. The Kier molecular flexibility index (Phi) is 2.37. The lowest BCUT2D eigenvalue weighted by molar-refractivity contribution is 0.403. The first kappa shape index (κ1) is 10.3. The van der Waals surface area contributed by atoms with Crippen LogP contribution >= 0.6 is 11.8 Å². The Bertz CT molecular complexity index is 446. The molecule has 1 aromatic rings. The van der Waals surface area contributed by atoms with Gasteiger partial charge in [-0.3, -0.25) is 0 Å². The Morgan fingerprint density at radius 2 is 2.35 bits per heavy atom. The van der Waals surface area contributed by atoms with E-state index in [1.807, 2.05) is 0 Å². The maximum Gasteiger partial charge on any atom is 0.0543 e. The molecule has 2 atom stereocenters. The predicted octanol–water partition coefficient (Wildman–Crippen LogP) is 2.45. The van der Waals surface area contributed by atoms with Crippen LogP contribution in [-0.2, 0) is 0 Å². The first-order chi connectivity index (χ1) is 8.45. The van der Waals surface area contributed by atoms with Gasteiger partial charge in [-0.25, -0.2) is 0 Å². The fourth-order valence-corrected chi connectivity index (χ4v) is 4.70. The average Bonchev–Trinajstić information content (AvgIpc) is 2.56. The van der Waals surface area contributed by atoms with Crippen LogP contribution in [0.4, 0.5) is 5.69 Å². The molecule has 0 radical (unpaired) electrons. The number of hydrogen-bond donors (Lipinski definition) is 1. The van der Waals surface area contributed by atoms with E-state index in [2.05, 4.69) is 40.2 Å². The van der Waals surface area contributed by atoms with Gasteiger partial charge in [0.05, 0.1) is 5.69 Å². The Morgan fingerprint density at radius 3 is 3.35 bits per heavy atom. The molecule has 3 aliphatic rings. The van der Waals surface area contributed by atoms with Gasteiger partial charge in [0.25, 0.3) is 0 Å². The zero-order valence-electron chi connectivity index (χ0n) is 9.98. The van der Waals surface area contributed by atoms with Gasteiger partial charge in [0.2, 0.25) is 0 Å². The molecule has 0 amide bonds. The molecule has 17 heavy (non-hydrogen) atoms. The highest BCUT2D eigenvalue weighted by Crippen LogP contribution is 2.49. The number of thioether (sulfide) groups is 1. The van der Waals surface area contributed by atoms with Crippen LogP contribution in [0.25, 0.3) is 0 Å². The molecule has 4 rings (SSSR count). The highest BCUT2D eigenvalue weighted by Gasteiger charge is 2.41. The summed E-state index contributed by atoms with van der Waals surface area (Å²) in [5, 5.41) is 3.56. The third-order valence-electron chi connectivity index (χ3n) is 4.36. The van der Waals surface area contributed by atoms with E-state index >= 15 is 0 Å². The summed E-state index contributed by atoms with van der Waals surface area (Å²) < 4.78 is 0. The molecule has 0 saturated carbocycles. The molecule has 3 aliphatic heterocycles. The number of nitrogens with one attached hydrogen (secondary N) is 1. The minimum atomic E-state index is 0.734. The lowest BCUT2D eigenvalue weighted by atomic mass is 9.90. The largest absolute Gasteiger partial charge is 0.367 e. The molecule has 0 aliphatic carbocycles. The lowest BCUT2D eigenvalue weighted by Crippen LogP contribution is -2.44. The summed E-state index contributed by atoms with van der Waals surface area (Å²) in [6, 6.07) is 7.69. The van der Waals surface area contributed by atoms with E-state index in [0.29, 0.717) is 0 Å². The van der Waals surface area contributed by atoms with E-state index in [9.17, 15) is 0 Å². The van der Waals surface area contributed by atoms with E-state index in [0.717, 1.165) is 12.0 Å². The highest BCUT2D eigenvalue weighted by molar-refractivity contribution is 7.99. The number of anilines is 1. The summed E-state index contributed by atoms with van der Waals surface area (Å²) in [6.07, 6.45) is 2.64. The summed E-state index contributed by atoms with van der Waals surface area (Å²) in [5.74, 6) is 2.01. The van der Waals surface area contributed by atoms with Crippen molar-refractivity contribution in [2.75, 3.05) is 30.3 Å². The second-order valence-corrected chi connectivity index (χ2v) is 6.39. The summed E-state index contributed by atoms with van der Waals surface area (Å²) in [5.41, 5.74) is 3.18. The summed E-state index contributed by atoms with van der Waals surface area (Å²) in [7, 11) is 0. The zero-order valence-corrected chi connectivity index (χ0v) is 10.8. The standard InChI is InChI=1S/C14H18N2S/c1-3-10-11-9-15-6-5-12(11)16-7-2-8-17-13(4-1)14(10)16/h1,3-4,11-12,15H,2,5-9H2/t11?,12-/m0/s1. The molecule has 1 aromatic carbocycles. The highest BCUT2D eigenvalue weighted by atomic mass is 32.2. The number of hydrogen-bond acceptors (Lipinski definition) is 3. The second-order valence-electron chi connectivity index (χ2n) is 5.26. The van der Waals surface area contributed by atoms with Crippen LogP contribution in [0.1, 0.15) is 24.3 Å². The van der Waals surface area contributed by atoms with Gasteiger partial charge in [0.15, 0.2) is 0 Å². The maximum absolute atomic E-state index is 3.56. The normalized spacial score (nSPS) is 30.7. The summed E-state index contributed by atoms with van der Waals surface area (Å²) in [6.45, 7) is 3.62. The smallest absolute Gasteiger partial charge is 0.0543 e. The van der Waals surface area contributed by atoms with E-state index in [1.54, 1.807) is 11.3 Å². The quantitative estimate of drug-likeness (QED) is 0.757. The van der Waals surface area contributed by atoms with Gasteiger partial charge < -0.3 is 10.2 Å². The van der Waals surface area contributed by atoms with Crippen molar-refractivity contribution in [3.63, 3.8) is 0 Å². The van der Waals surface area contributed by atoms with Gasteiger partial charge in [-0.2, -0.15) is 0 Å². The fourth-order valence-electron chi connectivity index (χ4n) is 3.66. The van der Waals surface area contributed by atoms with E-state index in [1.165, 1.54) is 43.1 Å². The van der Waals surface area contributed by atoms with Gasteiger partial charge in [-0.05, 0) is 36.8 Å². The predicted molar refractivity (Wildman–Crippen MR) is 73.1 cm³/mol. The molecule has 0 aromatic heterocycles. The number of rotatable bonds is 0. The van der Waals surface area contributed by atoms with Crippen molar-refractivity contribution >= 4 is 17.4 Å². The van der Waals surface area contributed by atoms with Gasteiger partial charge in [-0.15, -0.1) is 11.8 Å². The molecule has 1 fully saturated rings. The Balaban J connectivity index is 1.87.